The number of carbonyl (C=O) groups excluding carboxylic acids is 1. The zero-order valence-corrected chi connectivity index (χ0v) is 32.2. The monoisotopic (exact) mass is 802 g/mol. The number of nitrogen functional groups attached to an aromatic ring is 1. The summed E-state index contributed by atoms with van der Waals surface area (Å²) in [6.45, 7) is 1.91. The molecule has 0 radical (unpaired) electrons. The lowest BCUT2D eigenvalue weighted by Crippen LogP contribution is -2.19. The maximum Gasteiger partial charge on any atom is 0.325 e. The molecule has 0 spiro atoms. The Labute approximate surface area is 328 Å². The highest BCUT2D eigenvalue weighted by atomic mass is 35.5. The SMILES string of the molecule is COc1cc2ncnc(Oc3ccc(N)c(Cl)c3)c2cc1OC.COc1cc2ncnc(Oc3ccc(NC(=O)Nc4ncc(C)s4)c(Cl)c3)c2cc1OC. The number of benzene rings is 4. The molecule has 4 N–H and O–H groups in total. The van der Waals surface area contributed by atoms with Crippen LogP contribution in [0.1, 0.15) is 4.88 Å². The molecule has 0 aliphatic carbocycles. The number of urea groups is 1. The van der Waals surface area contributed by atoms with E-state index in [1.165, 1.54) is 24.0 Å². The van der Waals surface area contributed by atoms with E-state index < -0.39 is 6.03 Å². The molecule has 0 saturated heterocycles. The number of carbonyl (C=O) groups is 1. The minimum atomic E-state index is -0.447. The lowest BCUT2D eigenvalue weighted by atomic mass is 10.2. The number of amides is 2. The van der Waals surface area contributed by atoms with Gasteiger partial charge in [0.05, 0.1) is 71.7 Å². The van der Waals surface area contributed by atoms with Gasteiger partial charge in [0.2, 0.25) is 11.8 Å². The smallest absolute Gasteiger partial charge is 0.325 e. The fourth-order valence-electron chi connectivity index (χ4n) is 5.00. The van der Waals surface area contributed by atoms with Gasteiger partial charge < -0.3 is 39.5 Å². The van der Waals surface area contributed by atoms with E-state index in [1.807, 2.05) is 6.92 Å². The van der Waals surface area contributed by atoms with Gasteiger partial charge in [-0.25, -0.2) is 29.7 Å². The van der Waals surface area contributed by atoms with Gasteiger partial charge in [0.25, 0.3) is 0 Å². The summed E-state index contributed by atoms with van der Waals surface area (Å²) in [5.74, 6) is 3.90. The van der Waals surface area contributed by atoms with Crippen LogP contribution in [0.15, 0.2) is 79.5 Å². The number of nitrogens with zero attached hydrogens (tertiary/aromatic N) is 5. The molecule has 18 heteroatoms. The minimum Gasteiger partial charge on any atom is -0.493 e. The Balaban J connectivity index is 0.000000197. The van der Waals surface area contributed by atoms with Crippen LogP contribution in [-0.4, -0.2) is 59.4 Å². The average Bonchev–Trinajstić information content (AvgIpc) is 3.60. The predicted octanol–water partition coefficient (Wildman–Crippen LogP) is 9.18. The number of hydrogen-bond donors (Lipinski definition) is 3. The number of rotatable bonds is 10. The first kappa shape index (κ1) is 38.4. The van der Waals surface area contributed by atoms with E-state index in [-0.39, 0.29) is 0 Å². The lowest BCUT2D eigenvalue weighted by molar-refractivity contribution is 0.262. The van der Waals surface area contributed by atoms with E-state index in [4.69, 9.17) is 57.4 Å². The third-order valence-electron chi connectivity index (χ3n) is 7.64. The molecular weight excluding hydrogens is 771 g/mol. The zero-order chi connectivity index (χ0) is 39.1. The van der Waals surface area contributed by atoms with Gasteiger partial charge in [-0.1, -0.05) is 23.2 Å². The number of anilines is 3. The number of nitrogens with one attached hydrogen (secondary N) is 2. The molecular formula is C37H32Cl2N8O7S. The maximum absolute atomic E-state index is 12.2. The summed E-state index contributed by atoms with van der Waals surface area (Å²) in [4.78, 5) is 34.2. The van der Waals surface area contributed by atoms with Gasteiger partial charge in [0.1, 0.15) is 24.2 Å². The molecule has 55 heavy (non-hydrogen) atoms. The quantitative estimate of drug-likeness (QED) is 0.111. The Hall–Kier alpha value is -6.36. The van der Waals surface area contributed by atoms with Gasteiger partial charge in [-0.05, 0) is 43.3 Å². The molecule has 0 bridgehead atoms. The Bertz CT molecular complexity index is 2510. The van der Waals surface area contributed by atoms with Crippen molar-refractivity contribution >= 4 is 78.9 Å². The van der Waals surface area contributed by atoms with Crippen molar-refractivity contribution in [2.75, 3.05) is 44.8 Å². The van der Waals surface area contributed by atoms with E-state index in [0.29, 0.717) is 94.6 Å². The molecule has 0 aliphatic rings. The Morgan fingerprint density at radius 2 is 1.16 bits per heavy atom. The van der Waals surface area contributed by atoms with Crippen molar-refractivity contribution in [1.29, 1.82) is 0 Å². The van der Waals surface area contributed by atoms with Crippen LogP contribution in [0.5, 0.6) is 46.3 Å². The van der Waals surface area contributed by atoms with Crippen molar-refractivity contribution in [1.82, 2.24) is 24.9 Å². The molecule has 0 atom stereocenters. The molecule has 4 aromatic carbocycles. The first-order valence-corrected chi connectivity index (χ1v) is 17.6. The third-order valence-corrected chi connectivity index (χ3v) is 9.11. The number of aryl methyl sites for hydroxylation is 1. The highest BCUT2D eigenvalue weighted by Gasteiger charge is 2.15. The summed E-state index contributed by atoms with van der Waals surface area (Å²) in [5, 5.41) is 7.90. The van der Waals surface area contributed by atoms with Crippen LogP contribution in [0.3, 0.4) is 0 Å². The van der Waals surface area contributed by atoms with Crippen LogP contribution < -0.4 is 44.8 Å². The summed E-state index contributed by atoms with van der Waals surface area (Å²) < 4.78 is 33.0. The molecule has 3 aromatic heterocycles. The molecule has 7 rings (SSSR count). The lowest BCUT2D eigenvalue weighted by Gasteiger charge is -2.12. The van der Waals surface area contributed by atoms with Gasteiger partial charge in [-0.2, -0.15) is 0 Å². The molecule has 282 valence electrons. The molecule has 3 heterocycles. The summed E-state index contributed by atoms with van der Waals surface area (Å²) in [6.07, 6.45) is 4.50. The van der Waals surface area contributed by atoms with Gasteiger partial charge in [0, 0.05) is 35.3 Å². The number of methoxy groups -OCH3 is 4. The van der Waals surface area contributed by atoms with Crippen LogP contribution in [0.25, 0.3) is 21.8 Å². The molecule has 0 fully saturated rings. The number of aromatic nitrogens is 5. The number of ether oxygens (including phenoxy) is 6. The van der Waals surface area contributed by atoms with E-state index >= 15 is 0 Å². The van der Waals surface area contributed by atoms with Crippen molar-refractivity contribution in [2.24, 2.45) is 0 Å². The average molecular weight is 804 g/mol. The van der Waals surface area contributed by atoms with Gasteiger partial charge in [-0.3, -0.25) is 5.32 Å². The van der Waals surface area contributed by atoms with E-state index in [9.17, 15) is 4.79 Å². The molecule has 0 unspecified atom stereocenters. The maximum atomic E-state index is 12.2. The summed E-state index contributed by atoms with van der Waals surface area (Å²) in [6, 6.07) is 16.5. The second kappa shape index (κ2) is 17.2. The van der Waals surface area contributed by atoms with Crippen molar-refractivity contribution in [3.63, 3.8) is 0 Å². The molecule has 0 aliphatic heterocycles. The molecule has 2 amide bonds. The fourth-order valence-corrected chi connectivity index (χ4v) is 6.05. The first-order chi connectivity index (χ1) is 26.6. The van der Waals surface area contributed by atoms with E-state index in [1.54, 1.807) is 95.3 Å². The normalized spacial score (nSPS) is 10.6. The molecule has 7 aromatic rings. The molecule has 0 saturated carbocycles. The Morgan fingerprint density at radius 3 is 1.64 bits per heavy atom. The van der Waals surface area contributed by atoms with E-state index in [2.05, 4.69) is 35.6 Å². The number of thiazole rings is 1. The van der Waals surface area contributed by atoms with Crippen LogP contribution >= 0.6 is 34.5 Å². The van der Waals surface area contributed by atoms with Crippen LogP contribution in [0.4, 0.5) is 21.3 Å². The summed E-state index contributed by atoms with van der Waals surface area (Å²) in [7, 11) is 6.23. The summed E-state index contributed by atoms with van der Waals surface area (Å²) in [5.41, 5.74) is 7.91. The standard InChI is InChI=1S/C21H18ClN5O4S.C16H14ClN3O3/c1-11-9-23-21(32-11)27-20(28)26-15-5-4-12(6-14(15)22)31-19-13-7-17(29-2)18(30-3)8-16(13)24-10-25-19;1-21-14-6-10-13(7-15(14)22-2)19-8-20-16(10)23-9-3-4-12(18)11(17)5-9/h4-10H,1-3H3,(H2,23,26,27,28);3-8H,18H2,1-2H3. The number of nitrogens with two attached hydrogens (primary N) is 1. The number of hydrogen-bond acceptors (Lipinski definition) is 14. The van der Waals surface area contributed by atoms with Crippen molar-refractivity contribution in [2.45, 2.75) is 6.92 Å². The molecule has 15 nitrogen and oxygen atoms in total. The van der Waals surface area contributed by atoms with Crippen LogP contribution in [-0.2, 0) is 0 Å². The van der Waals surface area contributed by atoms with Gasteiger partial charge >= 0.3 is 6.03 Å². The van der Waals surface area contributed by atoms with Crippen molar-refractivity contribution < 1.29 is 33.2 Å². The number of fused-ring (bicyclic) bond motifs is 2. The second-order valence-corrected chi connectivity index (χ2v) is 13.2. The van der Waals surface area contributed by atoms with Crippen molar-refractivity contribution in [3.8, 4) is 46.3 Å². The Morgan fingerprint density at radius 1 is 0.655 bits per heavy atom. The van der Waals surface area contributed by atoms with Crippen LogP contribution in [0, 0.1) is 6.92 Å². The third kappa shape index (κ3) is 9.06. The van der Waals surface area contributed by atoms with Crippen molar-refractivity contribution in [3.05, 3.63) is 94.4 Å². The highest BCUT2D eigenvalue weighted by Crippen LogP contribution is 2.38. The topological polar surface area (TPSA) is 187 Å². The minimum absolute atomic E-state index is 0.297. The Kier molecular flexibility index (Phi) is 12.0. The zero-order valence-electron chi connectivity index (χ0n) is 29.8. The largest absolute Gasteiger partial charge is 0.493 e. The fraction of sp³-hybridized carbons (Fsp3) is 0.135. The predicted molar refractivity (Wildman–Crippen MR) is 212 cm³/mol. The summed E-state index contributed by atoms with van der Waals surface area (Å²) >= 11 is 13.7. The van der Waals surface area contributed by atoms with Gasteiger partial charge in [0.15, 0.2) is 28.1 Å². The van der Waals surface area contributed by atoms with E-state index in [0.717, 1.165) is 4.88 Å². The van der Waals surface area contributed by atoms with Gasteiger partial charge in [-0.15, -0.1) is 11.3 Å². The van der Waals surface area contributed by atoms with Crippen LogP contribution in [0.2, 0.25) is 10.0 Å². The second-order valence-electron chi connectivity index (χ2n) is 11.2. The first-order valence-electron chi connectivity index (χ1n) is 16.0. The highest BCUT2D eigenvalue weighted by molar-refractivity contribution is 7.15. The number of halogens is 2.